The Morgan fingerprint density at radius 2 is 1.89 bits per heavy atom. The summed E-state index contributed by atoms with van der Waals surface area (Å²) in [5.74, 6) is 1.32. The molecular weight excluding hydrogens is 460 g/mol. The molecule has 0 atom stereocenters. The van der Waals surface area contributed by atoms with Crippen LogP contribution in [-0.4, -0.2) is 33.3 Å². The lowest BCUT2D eigenvalue weighted by Crippen LogP contribution is -2.37. The number of nitrogens with zero attached hydrogens (tertiary/aromatic N) is 1. The fourth-order valence-corrected chi connectivity index (χ4v) is 2.40. The molecule has 0 heterocycles. The van der Waals surface area contributed by atoms with E-state index in [4.69, 9.17) is 9.47 Å². The van der Waals surface area contributed by atoms with Crippen LogP contribution < -0.4 is 15.4 Å². The molecule has 2 aromatic carbocycles. The fourth-order valence-electron chi connectivity index (χ4n) is 2.40. The van der Waals surface area contributed by atoms with Gasteiger partial charge in [0, 0.05) is 32.8 Å². The zero-order chi connectivity index (χ0) is 18.6. The first-order valence-corrected chi connectivity index (χ1v) is 8.61. The van der Waals surface area contributed by atoms with Crippen molar-refractivity contribution in [2.75, 3.05) is 27.3 Å². The number of ether oxygens (including phenoxy) is 2. The number of nitrogens with one attached hydrogen (secondary N) is 2. The molecule has 2 aromatic rings. The number of halogens is 2. The van der Waals surface area contributed by atoms with Crippen LogP contribution in [0.3, 0.4) is 0 Å². The molecule has 148 valence electrons. The van der Waals surface area contributed by atoms with Gasteiger partial charge in [0.05, 0.1) is 13.2 Å². The van der Waals surface area contributed by atoms with Gasteiger partial charge < -0.3 is 20.1 Å². The molecule has 0 spiro atoms. The van der Waals surface area contributed by atoms with E-state index in [9.17, 15) is 4.39 Å². The molecule has 0 aliphatic carbocycles. The van der Waals surface area contributed by atoms with Gasteiger partial charge in [-0.15, -0.1) is 24.0 Å². The lowest BCUT2D eigenvalue weighted by molar-refractivity contribution is 0.181. The molecule has 0 aromatic heterocycles. The van der Waals surface area contributed by atoms with Crippen LogP contribution in [0.1, 0.15) is 17.5 Å². The molecule has 7 heteroatoms. The molecule has 0 unspecified atom stereocenters. The number of methoxy groups -OCH3 is 1. The van der Waals surface area contributed by atoms with Crippen LogP contribution in [0.25, 0.3) is 0 Å². The van der Waals surface area contributed by atoms with E-state index < -0.39 is 0 Å². The molecule has 0 amide bonds. The largest absolute Gasteiger partial charge is 0.494 e. The van der Waals surface area contributed by atoms with Crippen molar-refractivity contribution in [3.05, 3.63) is 65.5 Å². The Balaban J connectivity index is 0.00000364. The van der Waals surface area contributed by atoms with Crippen molar-refractivity contribution in [1.82, 2.24) is 10.6 Å². The minimum atomic E-state index is -0.253. The van der Waals surface area contributed by atoms with Crippen LogP contribution in [0.15, 0.2) is 53.5 Å². The van der Waals surface area contributed by atoms with Crippen LogP contribution in [0.5, 0.6) is 5.75 Å². The van der Waals surface area contributed by atoms with Crippen molar-refractivity contribution < 1.29 is 13.9 Å². The van der Waals surface area contributed by atoms with Crippen LogP contribution in [0.4, 0.5) is 4.39 Å². The second-order valence-electron chi connectivity index (χ2n) is 5.73. The third-order valence-electron chi connectivity index (χ3n) is 3.72. The predicted molar refractivity (Wildman–Crippen MR) is 117 cm³/mol. The first-order chi connectivity index (χ1) is 12.7. The zero-order valence-electron chi connectivity index (χ0n) is 15.7. The second kappa shape index (κ2) is 13.3. The van der Waals surface area contributed by atoms with Gasteiger partial charge in [-0.05, 0) is 36.2 Å². The summed E-state index contributed by atoms with van der Waals surface area (Å²) in [4.78, 5) is 4.19. The minimum absolute atomic E-state index is 0. The highest BCUT2D eigenvalue weighted by atomic mass is 127. The summed E-state index contributed by atoms with van der Waals surface area (Å²) in [5.41, 5.74) is 1.52. The summed E-state index contributed by atoms with van der Waals surface area (Å²) >= 11 is 0. The highest BCUT2D eigenvalue weighted by Gasteiger charge is 2.04. The van der Waals surface area contributed by atoms with E-state index >= 15 is 0 Å². The first-order valence-electron chi connectivity index (χ1n) is 8.61. The minimum Gasteiger partial charge on any atom is -0.494 e. The third kappa shape index (κ3) is 8.57. The van der Waals surface area contributed by atoms with Crippen LogP contribution in [0.2, 0.25) is 0 Å². The Kier molecular flexibility index (Phi) is 11.4. The maximum absolute atomic E-state index is 13.6. The standard InChI is InChI=1S/C20H26FN3O2.HI/c1-22-20(23-11-6-12-26-18-7-4-3-5-8-18)24-14-16-9-10-19(21)17(13-16)15-25-2;/h3-5,7-10,13H,6,11-12,14-15H2,1-2H3,(H2,22,23,24);1H. The maximum Gasteiger partial charge on any atom is 0.191 e. The third-order valence-corrected chi connectivity index (χ3v) is 3.72. The average Bonchev–Trinajstić information content (AvgIpc) is 2.67. The van der Waals surface area contributed by atoms with Gasteiger partial charge in [-0.25, -0.2) is 4.39 Å². The van der Waals surface area contributed by atoms with Gasteiger partial charge in [-0.2, -0.15) is 0 Å². The molecular formula is C20H27FIN3O2. The molecule has 0 saturated carbocycles. The zero-order valence-corrected chi connectivity index (χ0v) is 18.0. The summed E-state index contributed by atoms with van der Waals surface area (Å²) in [5, 5.41) is 6.46. The van der Waals surface area contributed by atoms with Crippen molar-refractivity contribution in [1.29, 1.82) is 0 Å². The number of guanidine groups is 1. The lowest BCUT2D eigenvalue weighted by atomic mass is 10.1. The summed E-state index contributed by atoms with van der Waals surface area (Å²) in [6, 6.07) is 14.8. The number of aliphatic imine (C=N–C) groups is 1. The maximum atomic E-state index is 13.6. The van der Waals surface area contributed by atoms with Gasteiger partial charge in [0.2, 0.25) is 0 Å². The monoisotopic (exact) mass is 487 g/mol. The van der Waals surface area contributed by atoms with Crippen molar-refractivity contribution in [2.45, 2.75) is 19.6 Å². The fraction of sp³-hybridized carbons (Fsp3) is 0.350. The Labute approximate surface area is 177 Å². The normalized spacial score (nSPS) is 10.9. The smallest absolute Gasteiger partial charge is 0.191 e. The van der Waals surface area contributed by atoms with Gasteiger partial charge in [-0.1, -0.05) is 24.3 Å². The van der Waals surface area contributed by atoms with E-state index in [0.717, 1.165) is 24.3 Å². The highest BCUT2D eigenvalue weighted by Crippen LogP contribution is 2.11. The van der Waals surface area contributed by atoms with Crippen molar-refractivity contribution in [3.63, 3.8) is 0 Å². The summed E-state index contributed by atoms with van der Waals surface area (Å²) in [7, 11) is 3.27. The molecule has 2 rings (SSSR count). The molecule has 0 bridgehead atoms. The van der Waals surface area contributed by atoms with E-state index in [1.807, 2.05) is 30.3 Å². The van der Waals surface area contributed by atoms with Crippen molar-refractivity contribution >= 4 is 29.9 Å². The van der Waals surface area contributed by atoms with Gasteiger partial charge in [0.15, 0.2) is 5.96 Å². The Morgan fingerprint density at radius 1 is 1.11 bits per heavy atom. The van der Waals surface area contributed by atoms with Crippen LogP contribution >= 0.6 is 24.0 Å². The van der Waals surface area contributed by atoms with Gasteiger partial charge in [0.25, 0.3) is 0 Å². The molecule has 0 fully saturated rings. The molecule has 5 nitrogen and oxygen atoms in total. The molecule has 0 aliphatic heterocycles. The average molecular weight is 487 g/mol. The van der Waals surface area contributed by atoms with Crippen LogP contribution in [0, 0.1) is 5.82 Å². The topological polar surface area (TPSA) is 54.9 Å². The lowest BCUT2D eigenvalue weighted by Gasteiger charge is -2.13. The number of benzene rings is 2. The Morgan fingerprint density at radius 3 is 2.59 bits per heavy atom. The summed E-state index contributed by atoms with van der Waals surface area (Å²) in [6.45, 7) is 2.18. The van der Waals surface area contributed by atoms with Crippen molar-refractivity contribution in [3.8, 4) is 5.75 Å². The van der Waals surface area contributed by atoms with Gasteiger partial charge in [-0.3, -0.25) is 4.99 Å². The number of hydrogen-bond donors (Lipinski definition) is 2. The Bertz CT molecular complexity index is 699. The number of para-hydroxylation sites is 1. The second-order valence-corrected chi connectivity index (χ2v) is 5.73. The van der Waals surface area contributed by atoms with Gasteiger partial charge in [0.1, 0.15) is 11.6 Å². The summed E-state index contributed by atoms with van der Waals surface area (Å²) in [6.07, 6.45) is 0.851. The predicted octanol–water partition coefficient (Wildman–Crippen LogP) is 3.72. The van der Waals surface area contributed by atoms with Gasteiger partial charge >= 0.3 is 0 Å². The van der Waals surface area contributed by atoms with Crippen LogP contribution in [-0.2, 0) is 17.9 Å². The molecule has 0 aliphatic rings. The Hall–Kier alpha value is -1.87. The quantitative estimate of drug-likeness (QED) is 0.245. The van der Waals surface area contributed by atoms with E-state index in [1.165, 1.54) is 6.07 Å². The van der Waals surface area contributed by atoms with E-state index in [-0.39, 0.29) is 36.4 Å². The number of hydrogen-bond acceptors (Lipinski definition) is 3. The van der Waals surface area contributed by atoms with Crippen molar-refractivity contribution in [2.24, 2.45) is 4.99 Å². The first kappa shape index (κ1) is 23.2. The van der Waals surface area contributed by atoms with E-state index in [0.29, 0.717) is 24.7 Å². The molecule has 0 radical (unpaired) electrons. The van der Waals surface area contributed by atoms with E-state index in [2.05, 4.69) is 15.6 Å². The molecule has 2 N–H and O–H groups in total. The number of rotatable bonds is 9. The summed E-state index contributed by atoms with van der Waals surface area (Å²) < 4.78 is 24.3. The van der Waals surface area contributed by atoms with E-state index in [1.54, 1.807) is 26.3 Å². The highest BCUT2D eigenvalue weighted by molar-refractivity contribution is 14.0. The SMILES string of the molecule is CN=C(NCCCOc1ccccc1)NCc1ccc(F)c(COC)c1.I. The molecule has 0 saturated heterocycles. The molecule has 27 heavy (non-hydrogen) atoms.